The molecule has 128 valence electrons. The topological polar surface area (TPSA) is 90.7 Å². The first kappa shape index (κ1) is 17.1. The molecule has 0 unspecified atom stereocenters. The Hall–Kier alpha value is -3.72. The van der Waals surface area contributed by atoms with Crippen LogP contribution in [0, 0.1) is 11.3 Å². The third kappa shape index (κ3) is 4.02. The highest BCUT2D eigenvalue weighted by Crippen LogP contribution is 2.20. The lowest BCUT2D eigenvalue weighted by molar-refractivity contribution is 0.102. The molecule has 0 bridgehead atoms. The third-order valence-electron chi connectivity index (χ3n) is 3.83. The number of nitrogens with zero attached hydrogens (tertiary/aromatic N) is 3. The summed E-state index contributed by atoms with van der Waals surface area (Å²) in [4.78, 5) is 20.6. The second-order valence-corrected chi connectivity index (χ2v) is 5.57. The van der Waals surface area contributed by atoms with E-state index in [4.69, 9.17) is 5.26 Å². The molecule has 0 fully saturated rings. The van der Waals surface area contributed by atoms with E-state index in [0.29, 0.717) is 17.1 Å². The molecule has 2 N–H and O–H groups in total. The molecule has 1 aromatic heterocycles. The lowest BCUT2D eigenvalue weighted by atomic mass is 10.1. The van der Waals surface area contributed by atoms with E-state index in [2.05, 4.69) is 27.5 Å². The van der Waals surface area contributed by atoms with Gasteiger partial charge in [0.2, 0.25) is 0 Å². The van der Waals surface area contributed by atoms with Gasteiger partial charge in [0, 0.05) is 17.4 Å². The van der Waals surface area contributed by atoms with Crippen molar-refractivity contribution in [2.75, 3.05) is 10.6 Å². The van der Waals surface area contributed by atoms with Crippen LogP contribution < -0.4 is 10.6 Å². The van der Waals surface area contributed by atoms with Crippen molar-refractivity contribution in [2.24, 2.45) is 0 Å². The van der Waals surface area contributed by atoms with Gasteiger partial charge in [-0.1, -0.05) is 25.1 Å². The Labute approximate surface area is 151 Å². The molecule has 0 saturated heterocycles. The highest BCUT2D eigenvalue weighted by atomic mass is 16.1. The zero-order valence-electron chi connectivity index (χ0n) is 14.2. The highest BCUT2D eigenvalue weighted by molar-refractivity contribution is 6.03. The van der Waals surface area contributed by atoms with Crippen LogP contribution in [0.3, 0.4) is 0 Å². The molecule has 3 rings (SSSR count). The zero-order chi connectivity index (χ0) is 18.4. The van der Waals surface area contributed by atoms with Gasteiger partial charge in [0.15, 0.2) is 0 Å². The van der Waals surface area contributed by atoms with Gasteiger partial charge in [0.1, 0.15) is 17.8 Å². The van der Waals surface area contributed by atoms with Crippen molar-refractivity contribution in [1.29, 1.82) is 5.26 Å². The van der Waals surface area contributed by atoms with Crippen molar-refractivity contribution in [2.45, 2.75) is 13.3 Å². The zero-order valence-corrected chi connectivity index (χ0v) is 14.2. The van der Waals surface area contributed by atoms with E-state index in [1.54, 1.807) is 30.3 Å². The van der Waals surface area contributed by atoms with E-state index in [9.17, 15) is 4.79 Å². The summed E-state index contributed by atoms with van der Waals surface area (Å²) >= 11 is 0. The van der Waals surface area contributed by atoms with Gasteiger partial charge in [0.05, 0.1) is 11.6 Å². The third-order valence-corrected chi connectivity index (χ3v) is 3.83. The highest BCUT2D eigenvalue weighted by Gasteiger charge is 2.10. The van der Waals surface area contributed by atoms with Crippen molar-refractivity contribution < 1.29 is 4.79 Å². The number of anilines is 3. The average molecular weight is 343 g/mol. The Morgan fingerprint density at radius 3 is 2.62 bits per heavy atom. The van der Waals surface area contributed by atoms with E-state index in [0.717, 1.165) is 17.7 Å². The van der Waals surface area contributed by atoms with Crippen LogP contribution in [0.5, 0.6) is 0 Å². The first-order chi connectivity index (χ1) is 12.7. The molecule has 6 heteroatoms. The molecular weight excluding hydrogens is 326 g/mol. The Bertz CT molecular complexity index is 960. The summed E-state index contributed by atoms with van der Waals surface area (Å²) in [5.41, 5.74) is 3.49. The quantitative estimate of drug-likeness (QED) is 0.733. The van der Waals surface area contributed by atoms with Crippen LogP contribution in [-0.2, 0) is 6.42 Å². The molecule has 1 amide bonds. The fraction of sp³-hybridized carbons (Fsp3) is 0.100. The van der Waals surface area contributed by atoms with E-state index in [-0.39, 0.29) is 11.6 Å². The monoisotopic (exact) mass is 343 g/mol. The van der Waals surface area contributed by atoms with Crippen LogP contribution in [0.1, 0.15) is 28.5 Å². The van der Waals surface area contributed by atoms with Gasteiger partial charge >= 0.3 is 0 Å². The number of para-hydroxylation sites is 1. The van der Waals surface area contributed by atoms with E-state index in [1.165, 1.54) is 6.33 Å². The molecule has 0 spiro atoms. The molecule has 0 aliphatic heterocycles. The molecule has 1 heterocycles. The van der Waals surface area contributed by atoms with E-state index >= 15 is 0 Å². The summed E-state index contributed by atoms with van der Waals surface area (Å²) in [5, 5.41) is 14.8. The second-order valence-electron chi connectivity index (χ2n) is 5.57. The number of amides is 1. The molecule has 2 aromatic carbocycles. The van der Waals surface area contributed by atoms with E-state index in [1.807, 2.05) is 30.3 Å². The molecular formula is C20H17N5O. The largest absolute Gasteiger partial charge is 0.340 e. The maximum absolute atomic E-state index is 12.4. The number of nitriles is 1. The smallest absolute Gasteiger partial charge is 0.274 e. The van der Waals surface area contributed by atoms with Crippen LogP contribution >= 0.6 is 0 Å². The Morgan fingerprint density at radius 1 is 1.12 bits per heavy atom. The number of benzene rings is 2. The first-order valence-corrected chi connectivity index (χ1v) is 8.18. The maximum Gasteiger partial charge on any atom is 0.274 e. The van der Waals surface area contributed by atoms with Crippen molar-refractivity contribution >= 4 is 23.1 Å². The number of aromatic nitrogens is 2. The number of carbonyl (C=O) groups excluding carboxylic acids is 1. The minimum absolute atomic E-state index is 0.251. The standard InChI is InChI=1S/C20H17N5O/c1-2-15-5-3-4-6-17(15)25-19-11-18(22-13-23-19)20(26)24-16-9-7-14(12-21)8-10-16/h3-11,13H,2H2,1H3,(H,24,26)(H,22,23,25). The summed E-state index contributed by atoms with van der Waals surface area (Å²) in [6.07, 6.45) is 2.24. The van der Waals surface area contributed by atoms with Crippen molar-refractivity contribution in [3.05, 3.63) is 77.7 Å². The minimum Gasteiger partial charge on any atom is -0.340 e. The number of hydrogen-bond donors (Lipinski definition) is 2. The van der Waals surface area contributed by atoms with Gasteiger partial charge in [-0.2, -0.15) is 5.26 Å². The Balaban J connectivity index is 1.75. The lowest BCUT2D eigenvalue weighted by Gasteiger charge is -2.11. The normalized spacial score (nSPS) is 10.0. The van der Waals surface area contributed by atoms with E-state index < -0.39 is 0 Å². The van der Waals surface area contributed by atoms with Crippen LogP contribution in [0.2, 0.25) is 0 Å². The Morgan fingerprint density at radius 2 is 1.88 bits per heavy atom. The number of hydrogen-bond acceptors (Lipinski definition) is 5. The molecule has 0 radical (unpaired) electrons. The van der Waals surface area contributed by atoms with Gasteiger partial charge in [-0.25, -0.2) is 9.97 Å². The van der Waals surface area contributed by atoms with Gasteiger partial charge in [-0.05, 0) is 42.3 Å². The van der Waals surface area contributed by atoms with Crippen LogP contribution in [0.4, 0.5) is 17.2 Å². The first-order valence-electron chi connectivity index (χ1n) is 8.18. The van der Waals surface area contributed by atoms with Crippen LogP contribution in [0.25, 0.3) is 0 Å². The number of nitrogens with one attached hydrogen (secondary N) is 2. The summed E-state index contributed by atoms with van der Waals surface area (Å²) in [6, 6.07) is 18.2. The number of rotatable bonds is 5. The van der Waals surface area contributed by atoms with Gasteiger partial charge < -0.3 is 10.6 Å². The molecule has 26 heavy (non-hydrogen) atoms. The van der Waals surface area contributed by atoms with Gasteiger partial charge in [-0.3, -0.25) is 4.79 Å². The number of aryl methyl sites for hydroxylation is 1. The summed E-state index contributed by atoms with van der Waals surface area (Å²) in [6.45, 7) is 2.08. The molecule has 6 nitrogen and oxygen atoms in total. The molecule has 3 aromatic rings. The van der Waals surface area contributed by atoms with Gasteiger partial charge in [0.25, 0.3) is 5.91 Å². The summed E-state index contributed by atoms with van der Waals surface area (Å²) < 4.78 is 0. The average Bonchev–Trinajstić information content (AvgIpc) is 2.69. The fourth-order valence-electron chi connectivity index (χ4n) is 2.46. The van der Waals surface area contributed by atoms with Crippen LogP contribution in [0.15, 0.2) is 60.9 Å². The molecule has 0 atom stereocenters. The van der Waals surface area contributed by atoms with Crippen LogP contribution in [-0.4, -0.2) is 15.9 Å². The SMILES string of the molecule is CCc1ccccc1Nc1cc(C(=O)Nc2ccc(C#N)cc2)ncn1. The maximum atomic E-state index is 12.4. The van der Waals surface area contributed by atoms with Crippen molar-refractivity contribution in [3.63, 3.8) is 0 Å². The predicted octanol–water partition coefficient (Wildman–Crippen LogP) is 3.91. The molecule has 0 aliphatic rings. The second kappa shape index (κ2) is 7.90. The molecule has 0 saturated carbocycles. The minimum atomic E-state index is -0.344. The summed E-state index contributed by atoms with van der Waals surface area (Å²) in [7, 11) is 0. The van der Waals surface area contributed by atoms with Crippen molar-refractivity contribution in [3.8, 4) is 6.07 Å². The summed E-state index contributed by atoms with van der Waals surface area (Å²) in [5.74, 6) is 0.204. The van der Waals surface area contributed by atoms with Gasteiger partial charge in [-0.15, -0.1) is 0 Å². The Kier molecular flexibility index (Phi) is 5.20. The number of carbonyl (C=O) groups is 1. The molecule has 0 aliphatic carbocycles. The predicted molar refractivity (Wildman–Crippen MR) is 100 cm³/mol. The fourth-order valence-corrected chi connectivity index (χ4v) is 2.46. The lowest BCUT2D eigenvalue weighted by Crippen LogP contribution is -2.14. The van der Waals surface area contributed by atoms with Crippen molar-refractivity contribution in [1.82, 2.24) is 9.97 Å².